The smallest absolute Gasteiger partial charge is 0.325 e. The van der Waals surface area contributed by atoms with Crippen molar-refractivity contribution >= 4 is 12.4 Å². The molecule has 0 aliphatic rings. The number of ether oxygens (including phenoxy) is 1. The number of methoxy groups -OCH3 is 1. The summed E-state index contributed by atoms with van der Waals surface area (Å²) < 4.78 is 4.19. The lowest BCUT2D eigenvalue weighted by Crippen LogP contribution is -2.21. The predicted molar refractivity (Wildman–Crippen MR) is 26.1 cm³/mol. The highest BCUT2D eigenvalue weighted by molar-refractivity contribution is 5.73. The summed E-state index contributed by atoms with van der Waals surface area (Å²) in [5.74, 6) is -0.447. The second kappa shape index (κ2) is 4.11. The van der Waals surface area contributed by atoms with Crippen LogP contribution in [0.1, 0.15) is 0 Å². The van der Waals surface area contributed by atoms with E-state index in [1.807, 2.05) is 0 Å². The van der Waals surface area contributed by atoms with Gasteiger partial charge < -0.3 is 10.1 Å². The van der Waals surface area contributed by atoms with E-state index in [4.69, 9.17) is 0 Å². The third-order valence-electron chi connectivity index (χ3n) is 0.557. The van der Waals surface area contributed by atoms with E-state index < -0.39 is 5.97 Å². The maximum Gasteiger partial charge on any atom is 0.325 e. The lowest BCUT2D eigenvalue weighted by Gasteiger charge is -1.93. The third kappa shape index (κ3) is 3.14. The monoisotopic (exact) mass is 117 g/mol. The van der Waals surface area contributed by atoms with Gasteiger partial charge in [0.25, 0.3) is 0 Å². The molecule has 0 spiro atoms. The van der Waals surface area contributed by atoms with E-state index in [1.54, 1.807) is 0 Å². The molecule has 0 heterocycles. The predicted octanol–water partition coefficient (Wildman–Crippen LogP) is -1.09. The highest BCUT2D eigenvalue weighted by Gasteiger charge is 1.93. The lowest BCUT2D eigenvalue weighted by molar-refractivity contribution is -0.140. The number of nitrogens with one attached hydrogen (secondary N) is 1. The van der Waals surface area contributed by atoms with Crippen molar-refractivity contribution in [1.82, 2.24) is 5.32 Å². The molecule has 0 radical (unpaired) electrons. The first kappa shape index (κ1) is 6.94. The molecule has 0 aromatic carbocycles. The molecule has 0 aromatic rings. The molecule has 46 valence electrons. The number of hydrogen-bond donors (Lipinski definition) is 1. The summed E-state index contributed by atoms with van der Waals surface area (Å²) in [6.45, 7) is -0.0556. The maximum absolute atomic E-state index is 10.1. The zero-order valence-electron chi connectivity index (χ0n) is 4.51. The Labute approximate surface area is 46.8 Å². The van der Waals surface area contributed by atoms with Gasteiger partial charge in [0.2, 0.25) is 6.41 Å². The molecule has 0 atom stereocenters. The van der Waals surface area contributed by atoms with E-state index in [0.29, 0.717) is 6.41 Å². The van der Waals surface area contributed by atoms with E-state index >= 15 is 0 Å². The van der Waals surface area contributed by atoms with Crippen molar-refractivity contribution in [1.29, 1.82) is 0 Å². The summed E-state index contributed by atoms with van der Waals surface area (Å²) in [7, 11) is 1.26. The van der Waals surface area contributed by atoms with Gasteiger partial charge in [-0.1, -0.05) is 0 Å². The molecule has 0 saturated carbocycles. The second-order valence-corrected chi connectivity index (χ2v) is 1.07. The fourth-order valence-electron chi connectivity index (χ4n) is 0.197. The lowest BCUT2D eigenvalue weighted by atomic mass is 10.7. The first-order chi connectivity index (χ1) is 3.81. The van der Waals surface area contributed by atoms with Crippen LogP contribution in [0, 0.1) is 0 Å². The molecule has 0 bridgehead atoms. The van der Waals surface area contributed by atoms with Gasteiger partial charge in [-0.05, 0) is 0 Å². The van der Waals surface area contributed by atoms with Gasteiger partial charge in [0.1, 0.15) is 6.54 Å². The summed E-state index contributed by atoms with van der Waals surface area (Å²) in [6.07, 6.45) is 0.441. The first-order valence-electron chi connectivity index (χ1n) is 2.05. The molecule has 0 aliphatic heterocycles. The number of carbonyl (C=O) groups excluding carboxylic acids is 2. The maximum atomic E-state index is 10.1. The molecule has 4 heteroatoms. The highest BCUT2D eigenvalue weighted by atomic mass is 16.5. The van der Waals surface area contributed by atoms with Gasteiger partial charge in [0, 0.05) is 0 Å². The van der Waals surface area contributed by atoms with Crippen LogP contribution in [0.4, 0.5) is 0 Å². The number of esters is 1. The molecule has 1 amide bonds. The first-order valence-corrected chi connectivity index (χ1v) is 2.05. The van der Waals surface area contributed by atoms with Crippen molar-refractivity contribution in [2.75, 3.05) is 13.7 Å². The summed E-state index contributed by atoms with van der Waals surface area (Å²) in [5, 5.41) is 2.14. The standard InChI is InChI=1S/C4H7NO3/c1-8-4(7)2-5-3-6/h3H,2H2,1H3,(H,5,6). The SMILES string of the molecule is COC(=O)CNC=O. The average Bonchev–Trinajstić information content (AvgIpc) is 1.83. The molecule has 8 heavy (non-hydrogen) atoms. The van der Waals surface area contributed by atoms with E-state index in [9.17, 15) is 9.59 Å². The van der Waals surface area contributed by atoms with Gasteiger partial charge in [0.05, 0.1) is 7.11 Å². The quantitative estimate of drug-likeness (QED) is 0.377. The third-order valence-corrected chi connectivity index (χ3v) is 0.557. The van der Waals surface area contributed by atoms with Crippen LogP contribution >= 0.6 is 0 Å². The molecule has 4 nitrogen and oxygen atoms in total. The van der Waals surface area contributed by atoms with Crippen molar-refractivity contribution < 1.29 is 14.3 Å². The van der Waals surface area contributed by atoms with Gasteiger partial charge in [-0.25, -0.2) is 0 Å². The van der Waals surface area contributed by atoms with Crippen LogP contribution in [0.2, 0.25) is 0 Å². The molecule has 0 rings (SSSR count). The van der Waals surface area contributed by atoms with Crippen molar-refractivity contribution in [3.05, 3.63) is 0 Å². The van der Waals surface area contributed by atoms with Crippen LogP contribution in [0.5, 0.6) is 0 Å². The van der Waals surface area contributed by atoms with E-state index in [1.165, 1.54) is 7.11 Å². The summed E-state index contributed by atoms with van der Waals surface area (Å²) in [4.78, 5) is 19.6. The minimum atomic E-state index is -0.447. The van der Waals surface area contributed by atoms with Crippen LogP contribution in [-0.4, -0.2) is 26.0 Å². The number of carbonyl (C=O) groups is 2. The van der Waals surface area contributed by atoms with E-state index in [2.05, 4.69) is 10.1 Å². The number of amides is 1. The zero-order valence-corrected chi connectivity index (χ0v) is 4.51. The Hall–Kier alpha value is -1.06. The Morgan fingerprint density at radius 2 is 2.50 bits per heavy atom. The normalized spacial score (nSPS) is 7.62. The van der Waals surface area contributed by atoms with Crippen LogP contribution < -0.4 is 5.32 Å². The molecular weight excluding hydrogens is 110 g/mol. The Morgan fingerprint density at radius 3 is 2.88 bits per heavy atom. The number of rotatable bonds is 3. The van der Waals surface area contributed by atoms with Crippen LogP contribution in [-0.2, 0) is 14.3 Å². The minimum Gasteiger partial charge on any atom is -0.468 e. The topological polar surface area (TPSA) is 55.4 Å². The van der Waals surface area contributed by atoms with E-state index in [-0.39, 0.29) is 6.54 Å². The molecule has 0 aromatic heterocycles. The summed E-state index contributed by atoms with van der Waals surface area (Å²) in [5.41, 5.74) is 0. The molecule has 0 fully saturated rings. The van der Waals surface area contributed by atoms with Gasteiger partial charge in [-0.2, -0.15) is 0 Å². The van der Waals surface area contributed by atoms with Gasteiger partial charge in [-0.3, -0.25) is 9.59 Å². The minimum absolute atomic E-state index is 0.0556. The second-order valence-electron chi connectivity index (χ2n) is 1.07. The number of hydrogen-bond acceptors (Lipinski definition) is 3. The van der Waals surface area contributed by atoms with Crippen LogP contribution in [0.15, 0.2) is 0 Å². The van der Waals surface area contributed by atoms with Gasteiger partial charge in [-0.15, -0.1) is 0 Å². The Morgan fingerprint density at radius 1 is 1.88 bits per heavy atom. The van der Waals surface area contributed by atoms with Gasteiger partial charge in [0.15, 0.2) is 0 Å². The molecular formula is C4H7NO3. The largest absolute Gasteiger partial charge is 0.468 e. The Bertz CT molecular complexity index is 91.3. The molecule has 1 N–H and O–H groups in total. The van der Waals surface area contributed by atoms with Crippen molar-refractivity contribution in [3.63, 3.8) is 0 Å². The van der Waals surface area contributed by atoms with Gasteiger partial charge >= 0.3 is 5.97 Å². The van der Waals surface area contributed by atoms with Crippen molar-refractivity contribution in [2.24, 2.45) is 0 Å². The molecule has 0 unspecified atom stereocenters. The average molecular weight is 117 g/mol. The fraction of sp³-hybridized carbons (Fsp3) is 0.500. The fourth-order valence-corrected chi connectivity index (χ4v) is 0.197. The van der Waals surface area contributed by atoms with Crippen molar-refractivity contribution in [2.45, 2.75) is 0 Å². The zero-order chi connectivity index (χ0) is 6.41. The highest BCUT2D eigenvalue weighted by Crippen LogP contribution is 1.65. The van der Waals surface area contributed by atoms with Crippen molar-refractivity contribution in [3.8, 4) is 0 Å². The summed E-state index contributed by atoms with van der Waals surface area (Å²) >= 11 is 0. The Kier molecular flexibility index (Phi) is 3.56. The summed E-state index contributed by atoms with van der Waals surface area (Å²) in [6, 6.07) is 0. The Balaban J connectivity index is 3.11. The van der Waals surface area contributed by atoms with Crippen LogP contribution in [0.25, 0.3) is 0 Å². The van der Waals surface area contributed by atoms with E-state index in [0.717, 1.165) is 0 Å². The molecule has 0 aliphatic carbocycles. The van der Waals surface area contributed by atoms with Crippen LogP contribution in [0.3, 0.4) is 0 Å². The molecule has 0 saturated heterocycles.